The molecule has 0 spiro atoms. The molecule has 160 valence electrons. The van der Waals surface area contributed by atoms with Crippen molar-refractivity contribution >= 4 is 17.3 Å². The average molecular weight is 423 g/mol. The van der Waals surface area contributed by atoms with Crippen LogP contribution in [0.25, 0.3) is 16.8 Å². The van der Waals surface area contributed by atoms with Crippen LogP contribution in [0, 0.1) is 12.7 Å². The molecule has 0 saturated heterocycles. The van der Waals surface area contributed by atoms with E-state index in [2.05, 4.69) is 10.2 Å². The van der Waals surface area contributed by atoms with Gasteiger partial charge >= 0.3 is 6.09 Å². The van der Waals surface area contributed by atoms with Crippen LogP contribution in [0.4, 0.5) is 14.9 Å². The van der Waals surface area contributed by atoms with Crippen LogP contribution in [0.3, 0.4) is 0 Å². The summed E-state index contributed by atoms with van der Waals surface area (Å²) in [6.07, 6.45) is 2.79. The van der Waals surface area contributed by atoms with Crippen LogP contribution in [-0.4, -0.2) is 31.1 Å². The number of benzene rings is 1. The topological polar surface area (TPSA) is 96.7 Å². The summed E-state index contributed by atoms with van der Waals surface area (Å²) in [6, 6.07) is 9.43. The van der Waals surface area contributed by atoms with E-state index in [1.165, 1.54) is 16.8 Å². The molecule has 0 aliphatic heterocycles. The summed E-state index contributed by atoms with van der Waals surface area (Å²) in [6.45, 7) is 7.12. The van der Waals surface area contributed by atoms with Crippen LogP contribution in [-0.2, 0) is 4.74 Å². The predicted molar refractivity (Wildman–Crippen MR) is 114 cm³/mol. The fraction of sp³-hybridized carbons (Fsp3) is 0.227. The molecule has 0 aliphatic carbocycles. The Balaban J connectivity index is 1.74. The smallest absolute Gasteiger partial charge is 0.435 e. The van der Waals surface area contributed by atoms with E-state index in [1.807, 2.05) is 0 Å². The number of nitrogen functional groups attached to an aromatic ring is 1. The third-order valence-corrected chi connectivity index (χ3v) is 4.40. The number of hydrogen-bond donors (Lipinski definition) is 1. The van der Waals surface area contributed by atoms with Crippen molar-refractivity contribution in [2.24, 2.45) is 0 Å². The summed E-state index contributed by atoms with van der Waals surface area (Å²) in [4.78, 5) is 12.5. The van der Waals surface area contributed by atoms with E-state index in [0.717, 1.165) is 0 Å². The second kappa shape index (κ2) is 7.42. The van der Waals surface area contributed by atoms with Gasteiger partial charge in [-0.3, -0.25) is 0 Å². The maximum absolute atomic E-state index is 14.3. The highest BCUT2D eigenvalue weighted by Gasteiger charge is 2.21. The number of nitrogens with zero attached hydrogens (tertiary/aromatic N) is 4. The Kier molecular flexibility index (Phi) is 4.88. The summed E-state index contributed by atoms with van der Waals surface area (Å²) >= 11 is 0. The summed E-state index contributed by atoms with van der Waals surface area (Å²) in [5.41, 5.74) is 7.67. The maximum Gasteiger partial charge on any atom is 0.435 e. The molecule has 31 heavy (non-hydrogen) atoms. The fourth-order valence-electron chi connectivity index (χ4n) is 3.04. The predicted octanol–water partition coefficient (Wildman–Crippen LogP) is 4.80. The van der Waals surface area contributed by atoms with Crippen LogP contribution in [0.5, 0.6) is 11.5 Å². The molecule has 9 heteroatoms. The zero-order valence-corrected chi connectivity index (χ0v) is 17.6. The first-order valence-corrected chi connectivity index (χ1v) is 9.61. The van der Waals surface area contributed by atoms with Gasteiger partial charge in [-0.15, -0.1) is 0 Å². The van der Waals surface area contributed by atoms with E-state index < -0.39 is 17.5 Å². The average Bonchev–Trinajstić information content (AvgIpc) is 3.29. The van der Waals surface area contributed by atoms with Gasteiger partial charge in [0, 0.05) is 29.2 Å². The summed E-state index contributed by atoms with van der Waals surface area (Å²) < 4.78 is 28.3. The molecule has 2 N–H and O–H groups in total. The molecule has 0 saturated carbocycles. The lowest BCUT2D eigenvalue weighted by Crippen LogP contribution is -2.28. The number of hydrogen-bond acceptors (Lipinski definition) is 6. The Bertz CT molecular complexity index is 1290. The minimum Gasteiger partial charge on any atom is -0.452 e. The zero-order valence-electron chi connectivity index (χ0n) is 17.6. The van der Waals surface area contributed by atoms with Gasteiger partial charge in [-0.05, 0) is 58.0 Å². The Morgan fingerprint density at radius 1 is 1.13 bits per heavy atom. The number of halogens is 1. The van der Waals surface area contributed by atoms with Crippen molar-refractivity contribution in [3.8, 4) is 22.8 Å². The lowest BCUT2D eigenvalue weighted by molar-refractivity contribution is 0.0511. The number of anilines is 1. The van der Waals surface area contributed by atoms with E-state index in [0.29, 0.717) is 33.9 Å². The summed E-state index contributed by atoms with van der Waals surface area (Å²) in [5, 5.41) is 8.64. The van der Waals surface area contributed by atoms with Gasteiger partial charge in [-0.25, -0.2) is 13.7 Å². The van der Waals surface area contributed by atoms with Crippen molar-refractivity contribution in [1.29, 1.82) is 0 Å². The number of carbonyl (C=O) groups excluding carboxylic acids is 1. The van der Waals surface area contributed by atoms with Crippen LogP contribution in [0.1, 0.15) is 26.5 Å². The molecular weight excluding hydrogens is 401 g/mol. The molecule has 3 heterocycles. The first-order chi connectivity index (χ1) is 14.6. The molecule has 0 bridgehead atoms. The maximum atomic E-state index is 14.3. The molecule has 3 aromatic heterocycles. The first-order valence-electron chi connectivity index (χ1n) is 9.61. The van der Waals surface area contributed by atoms with Gasteiger partial charge in [0.15, 0.2) is 17.3 Å². The number of nitrogens with two attached hydrogens (primary N) is 1. The van der Waals surface area contributed by atoms with E-state index in [4.69, 9.17) is 15.2 Å². The van der Waals surface area contributed by atoms with Gasteiger partial charge in [-0.1, -0.05) is 0 Å². The molecule has 4 aromatic rings. The quantitative estimate of drug-likeness (QED) is 0.475. The summed E-state index contributed by atoms with van der Waals surface area (Å²) in [7, 11) is 0. The van der Waals surface area contributed by atoms with E-state index in [1.54, 1.807) is 68.9 Å². The van der Waals surface area contributed by atoms with Gasteiger partial charge in [-0.2, -0.15) is 14.9 Å². The molecule has 1 aromatic carbocycles. The minimum absolute atomic E-state index is 0.0323. The Morgan fingerprint density at radius 2 is 1.90 bits per heavy atom. The second-order valence-electron chi connectivity index (χ2n) is 8.11. The summed E-state index contributed by atoms with van der Waals surface area (Å²) in [5.74, 6) is -0.166. The second-order valence-corrected chi connectivity index (χ2v) is 8.11. The fourth-order valence-corrected chi connectivity index (χ4v) is 3.04. The molecule has 0 amide bonds. The third-order valence-electron chi connectivity index (χ3n) is 4.40. The monoisotopic (exact) mass is 423 g/mol. The highest BCUT2D eigenvalue weighted by atomic mass is 19.1. The minimum atomic E-state index is -0.645. The molecule has 0 radical (unpaired) electrons. The van der Waals surface area contributed by atoms with Crippen molar-refractivity contribution in [2.75, 3.05) is 5.73 Å². The van der Waals surface area contributed by atoms with Crippen molar-refractivity contribution in [2.45, 2.75) is 33.3 Å². The number of carbonyl (C=O) groups is 1. The standard InChI is InChI=1S/C22H22FN5O3/c1-13-9-17(26-28(13)21(29)31-22(2,3)4)14-10-20(18-7-8-25-27(18)12-14)30-19-6-5-15(24)11-16(19)23/h5-12H,24H2,1-4H3. The third kappa shape index (κ3) is 4.20. The molecule has 0 unspecified atom stereocenters. The zero-order chi connectivity index (χ0) is 22.3. The largest absolute Gasteiger partial charge is 0.452 e. The van der Waals surface area contributed by atoms with Gasteiger partial charge < -0.3 is 15.2 Å². The van der Waals surface area contributed by atoms with E-state index >= 15 is 0 Å². The molecule has 0 aliphatic rings. The number of pyridine rings is 1. The Hall–Kier alpha value is -3.88. The van der Waals surface area contributed by atoms with E-state index in [-0.39, 0.29) is 5.75 Å². The van der Waals surface area contributed by atoms with Crippen molar-refractivity contribution in [3.05, 3.63) is 60.3 Å². The number of aromatic nitrogens is 4. The normalized spacial score (nSPS) is 11.6. The Labute approximate surface area is 178 Å². The van der Waals surface area contributed by atoms with Crippen LogP contribution in [0.2, 0.25) is 0 Å². The highest BCUT2D eigenvalue weighted by molar-refractivity contribution is 5.74. The molecule has 0 fully saturated rings. The van der Waals surface area contributed by atoms with Gasteiger partial charge in [0.25, 0.3) is 0 Å². The van der Waals surface area contributed by atoms with Crippen molar-refractivity contribution in [3.63, 3.8) is 0 Å². The van der Waals surface area contributed by atoms with Crippen molar-refractivity contribution in [1.82, 2.24) is 19.4 Å². The molecular formula is C22H22FN5O3. The van der Waals surface area contributed by atoms with Gasteiger partial charge in [0.05, 0.1) is 11.9 Å². The van der Waals surface area contributed by atoms with Crippen LogP contribution < -0.4 is 10.5 Å². The lowest BCUT2D eigenvalue weighted by Gasteiger charge is -2.19. The lowest BCUT2D eigenvalue weighted by atomic mass is 10.2. The van der Waals surface area contributed by atoms with Gasteiger partial charge in [0.1, 0.15) is 11.1 Å². The highest BCUT2D eigenvalue weighted by Crippen LogP contribution is 2.33. The number of aryl methyl sites for hydroxylation is 1. The van der Waals surface area contributed by atoms with Gasteiger partial charge in [0.2, 0.25) is 0 Å². The Morgan fingerprint density at radius 3 is 2.61 bits per heavy atom. The van der Waals surface area contributed by atoms with Crippen LogP contribution in [0.15, 0.2) is 48.8 Å². The van der Waals surface area contributed by atoms with Crippen LogP contribution >= 0.6 is 0 Å². The molecule has 4 rings (SSSR count). The molecule has 8 nitrogen and oxygen atoms in total. The number of fused-ring (bicyclic) bond motifs is 1. The first kappa shape index (κ1) is 20.4. The van der Waals surface area contributed by atoms with E-state index in [9.17, 15) is 9.18 Å². The number of ether oxygens (including phenoxy) is 2. The van der Waals surface area contributed by atoms with Crippen molar-refractivity contribution < 1.29 is 18.7 Å². The number of rotatable bonds is 3. The molecule has 0 atom stereocenters. The SMILES string of the molecule is Cc1cc(-c2cc(Oc3ccc(N)cc3F)c3ccnn3c2)nn1C(=O)OC(C)(C)C.